The first-order chi connectivity index (χ1) is 8.76. The van der Waals surface area contributed by atoms with Crippen LogP contribution in [0.5, 0.6) is 0 Å². The molecule has 0 aliphatic heterocycles. The molecule has 0 fully saturated rings. The lowest BCUT2D eigenvalue weighted by Gasteiger charge is -2.24. The van der Waals surface area contributed by atoms with E-state index in [1.807, 2.05) is 0 Å². The molecule has 110 valence electrons. The van der Waals surface area contributed by atoms with E-state index in [9.17, 15) is 0 Å². The molecule has 2 unspecified atom stereocenters. The molecule has 0 aromatic carbocycles. The Morgan fingerprint density at radius 1 is 0.944 bits per heavy atom. The van der Waals surface area contributed by atoms with Gasteiger partial charge in [0.1, 0.15) is 0 Å². The Bertz CT molecular complexity index is 161. The summed E-state index contributed by atoms with van der Waals surface area (Å²) in [4.78, 5) is 0. The average molecular weight is 257 g/mol. The van der Waals surface area contributed by atoms with Gasteiger partial charge in [-0.2, -0.15) is 0 Å². The van der Waals surface area contributed by atoms with E-state index in [1.165, 1.54) is 51.4 Å². The number of hydrogen-bond donors (Lipinski definition) is 1. The molecular formula is C16H35NO. The van der Waals surface area contributed by atoms with Crippen LogP contribution >= 0.6 is 0 Å². The fourth-order valence-electron chi connectivity index (χ4n) is 2.50. The third-order valence-corrected chi connectivity index (χ3v) is 3.80. The van der Waals surface area contributed by atoms with Gasteiger partial charge in [-0.05, 0) is 25.3 Å². The van der Waals surface area contributed by atoms with Crippen LogP contribution in [-0.2, 0) is 4.74 Å². The predicted molar refractivity (Wildman–Crippen MR) is 81.1 cm³/mol. The van der Waals surface area contributed by atoms with Crippen LogP contribution < -0.4 is 5.32 Å². The summed E-state index contributed by atoms with van der Waals surface area (Å²) in [6.07, 6.45) is 10.8. The third-order valence-electron chi connectivity index (χ3n) is 3.80. The summed E-state index contributed by atoms with van der Waals surface area (Å²) < 4.78 is 5.18. The Balaban J connectivity index is 3.67. The predicted octanol–water partition coefficient (Wildman–Crippen LogP) is 4.39. The maximum absolute atomic E-state index is 5.18. The highest BCUT2D eigenvalue weighted by Crippen LogP contribution is 2.16. The Hall–Kier alpha value is -0.0800. The molecule has 0 aliphatic rings. The SMILES string of the molecule is CCCCCCCCC(NCC)C(C)CCOC. The Morgan fingerprint density at radius 3 is 2.22 bits per heavy atom. The van der Waals surface area contributed by atoms with Crippen LogP contribution in [0.3, 0.4) is 0 Å². The fraction of sp³-hybridized carbons (Fsp3) is 1.00. The van der Waals surface area contributed by atoms with Crippen LogP contribution in [0.15, 0.2) is 0 Å². The van der Waals surface area contributed by atoms with Gasteiger partial charge < -0.3 is 10.1 Å². The molecule has 0 aliphatic carbocycles. The third kappa shape index (κ3) is 9.90. The molecule has 0 spiro atoms. The standard InChI is InChI=1S/C16H35NO/c1-5-7-8-9-10-11-12-16(17-6-2)15(3)13-14-18-4/h15-17H,5-14H2,1-4H3. The van der Waals surface area contributed by atoms with Crippen LogP contribution in [0.25, 0.3) is 0 Å². The molecule has 0 aromatic rings. The van der Waals surface area contributed by atoms with Crippen molar-refractivity contribution in [2.45, 2.75) is 78.2 Å². The van der Waals surface area contributed by atoms with E-state index in [-0.39, 0.29) is 0 Å². The molecule has 2 nitrogen and oxygen atoms in total. The summed E-state index contributed by atoms with van der Waals surface area (Å²) in [5.41, 5.74) is 0. The molecule has 0 bridgehead atoms. The second kappa shape index (κ2) is 13.4. The van der Waals surface area contributed by atoms with Crippen molar-refractivity contribution in [2.75, 3.05) is 20.3 Å². The highest BCUT2D eigenvalue weighted by molar-refractivity contribution is 4.73. The first kappa shape index (κ1) is 17.9. The molecule has 0 saturated heterocycles. The first-order valence-electron chi connectivity index (χ1n) is 7.98. The minimum atomic E-state index is 0.677. The molecule has 0 amide bonds. The molecule has 1 N–H and O–H groups in total. The van der Waals surface area contributed by atoms with Gasteiger partial charge in [-0.25, -0.2) is 0 Å². The van der Waals surface area contributed by atoms with E-state index < -0.39 is 0 Å². The quantitative estimate of drug-likeness (QED) is 0.494. The van der Waals surface area contributed by atoms with Crippen LogP contribution in [0, 0.1) is 5.92 Å². The Labute approximate surface area is 115 Å². The minimum absolute atomic E-state index is 0.677. The minimum Gasteiger partial charge on any atom is -0.385 e. The van der Waals surface area contributed by atoms with Crippen molar-refractivity contribution in [1.29, 1.82) is 0 Å². The summed E-state index contributed by atoms with van der Waals surface area (Å²) in [5, 5.41) is 3.64. The smallest absolute Gasteiger partial charge is 0.0465 e. The summed E-state index contributed by atoms with van der Waals surface area (Å²) in [6, 6.07) is 0.677. The molecule has 0 aromatic heterocycles. The van der Waals surface area contributed by atoms with Gasteiger partial charge in [-0.1, -0.05) is 59.3 Å². The number of unbranched alkanes of at least 4 members (excludes halogenated alkanes) is 5. The van der Waals surface area contributed by atoms with Gasteiger partial charge in [0.15, 0.2) is 0 Å². The molecule has 2 heteroatoms. The lowest BCUT2D eigenvalue weighted by molar-refractivity contribution is 0.168. The van der Waals surface area contributed by atoms with Crippen molar-refractivity contribution in [2.24, 2.45) is 5.92 Å². The van der Waals surface area contributed by atoms with E-state index >= 15 is 0 Å². The first-order valence-corrected chi connectivity index (χ1v) is 7.98. The van der Waals surface area contributed by atoms with Gasteiger partial charge in [0.2, 0.25) is 0 Å². The van der Waals surface area contributed by atoms with Crippen LogP contribution in [-0.4, -0.2) is 26.3 Å². The average Bonchev–Trinajstić information content (AvgIpc) is 2.38. The zero-order valence-electron chi connectivity index (χ0n) is 13.1. The van der Waals surface area contributed by atoms with Crippen molar-refractivity contribution in [3.63, 3.8) is 0 Å². The highest BCUT2D eigenvalue weighted by Gasteiger charge is 2.15. The van der Waals surface area contributed by atoms with Crippen LogP contribution in [0.2, 0.25) is 0 Å². The zero-order chi connectivity index (χ0) is 13.6. The Morgan fingerprint density at radius 2 is 1.61 bits per heavy atom. The lowest BCUT2D eigenvalue weighted by atomic mass is 9.93. The van der Waals surface area contributed by atoms with Crippen LogP contribution in [0.4, 0.5) is 0 Å². The fourth-order valence-corrected chi connectivity index (χ4v) is 2.50. The summed E-state index contributed by atoms with van der Waals surface area (Å²) in [7, 11) is 1.79. The number of hydrogen-bond acceptors (Lipinski definition) is 2. The number of nitrogens with one attached hydrogen (secondary N) is 1. The van der Waals surface area contributed by atoms with Gasteiger partial charge in [-0.3, -0.25) is 0 Å². The number of ether oxygens (including phenoxy) is 1. The van der Waals surface area contributed by atoms with E-state index in [1.54, 1.807) is 7.11 Å². The maximum Gasteiger partial charge on any atom is 0.0465 e. The molecule has 18 heavy (non-hydrogen) atoms. The van der Waals surface area contributed by atoms with Crippen molar-refractivity contribution in [1.82, 2.24) is 5.32 Å². The molecule has 0 rings (SSSR count). The monoisotopic (exact) mass is 257 g/mol. The van der Waals surface area contributed by atoms with Gasteiger partial charge in [0.05, 0.1) is 0 Å². The van der Waals surface area contributed by atoms with E-state index in [2.05, 4.69) is 26.1 Å². The van der Waals surface area contributed by atoms with Crippen molar-refractivity contribution in [3.05, 3.63) is 0 Å². The van der Waals surface area contributed by atoms with Crippen LogP contribution in [0.1, 0.15) is 72.1 Å². The molecular weight excluding hydrogens is 222 g/mol. The second-order valence-electron chi connectivity index (χ2n) is 5.48. The molecule has 0 radical (unpaired) electrons. The van der Waals surface area contributed by atoms with Gasteiger partial charge in [0, 0.05) is 19.8 Å². The van der Waals surface area contributed by atoms with Gasteiger partial charge in [-0.15, -0.1) is 0 Å². The molecule has 0 heterocycles. The molecule has 2 atom stereocenters. The van der Waals surface area contributed by atoms with E-state index in [0.717, 1.165) is 19.1 Å². The van der Waals surface area contributed by atoms with Crippen molar-refractivity contribution in [3.8, 4) is 0 Å². The largest absolute Gasteiger partial charge is 0.385 e. The maximum atomic E-state index is 5.18. The number of rotatable bonds is 13. The Kier molecular flexibility index (Phi) is 13.3. The summed E-state index contributed by atoms with van der Waals surface area (Å²) in [5.74, 6) is 0.723. The zero-order valence-corrected chi connectivity index (χ0v) is 13.1. The summed E-state index contributed by atoms with van der Waals surface area (Å²) in [6.45, 7) is 8.80. The topological polar surface area (TPSA) is 21.3 Å². The second-order valence-corrected chi connectivity index (χ2v) is 5.48. The van der Waals surface area contributed by atoms with E-state index in [4.69, 9.17) is 4.74 Å². The van der Waals surface area contributed by atoms with Crippen molar-refractivity contribution >= 4 is 0 Å². The van der Waals surface area contributed by atoms with Gasteiger partial charge in [0.25, 0.3) is 0 Å². The summed E-state index contributed by atoms with van der Waals surface area (Å²) >= 11 is 0. The lowest BCUT2D eigenvalue weighted by Crippen LogP contribution is -2.35. The van der Waals surface area contributed by atoms with Gasteiger partial charge >= 0.3 is 0 Å². The highest BCUT2D eigenvalue weighted by atomic mass is 16.5. The van der Waals surface area contributed by atoms with E-state index in [0.29, 0.717) is 6.04 Å². The molecule has 0 saturated carbocycles. The van der Waals surface area contributed by atoms with Crippen molar-refractivity contribution < 1.29 is 4.74 Å². The number of methoxy groups -OCH3 is 1. The normalized spacial score (nSPS) is 14.7.